The normalized spacial score (nSPS) is 28.2. The molecule has 2 unspecified atom stereocenters. The third kappa shape index (κ3) is 3.59. The van der Waals surface area contributed by atoms with Crippen molar-refractivity contribution in [3.63, 3.8) is 0 Å². The van der Waals surface area contributed by atoms with Gasteiger partial charge in [-0.05, 0) is 25.0 Å². The molecule has 0 saturated heterocycles. The van der Waals surface area contributed by atoms with Gasteiger partial charge in [0.1, 0.15) is 0 Å². The molecule has 0 amide bonds. The second kappa shape index (κ2) is 5.92. The van der Waals surface area contributed by atoms with Gasteiger partial charge >= 0.3 is 0 Å². The second-order valence-electron chi connectivity index (χ2n) is 3.80. The molecule has 3 nitrogen and oxygen atoms in total. The number of rotatable bonds is 1. The molecule has 4 heteroatoms. The lowest BCUT2D eigenvalue weighted by Gasteiger charge is -2.23. The van der Waals surface area contributed by atoms with Crippen LogP contribution in [0.25, 0.3) is 0 Å². The van der Waals surface area contributed by atoms with Crippen LogP contribution in [0.5, 0.6) is 0 Å². The largest absolute Gasteiger partial charge is 0.272 e. The van der Waals surface area contributed by atoms with Crippen LogP contribution >= 0.6 is 11.8 Å². The van der Waals surface area contributed by atoms with Gasteiger partial charge in [-0.3, -0.25) is 10.3 Å². The minimum Gasteiger partial charge on any atom is -0.272 e. The van der Waals surface area contributed by atoms with E-state index in [-0.39, 0.29) is 0 Å². The van der Waals surface area contributed by atoms with Crippen LogP contribution in [0.4, 0.5) is 0 Å². The molecule has 78 valence electrons. The first-order valence-corrected chi connectivity index (χ1v) is 6.25. The Labute approximate surface area is 90.0 Å². The highest BCUT2D eigenvalue weighted by atomic mass is 32.2. The third-order valence-electron chi connectivity index (χ3n) is 2.56. The number of hydrogen-bond acceptors (Lipinski definition) is 3. The zero-order valence-corrected chi connectivity index (χ0v) is 9.60. The minimum absolute atomic E-state index is 0.419. The highest BCUT2D eigenvalue weighted by molar-refractivity contribution is 8.13. The number of aliphatic imine (C=N–C) groups is 1. The van der Waals surface area contributed by atoms with Crippen molar-refractivity contribution in [2.75, 3.05) is 6.26 Å². The molecule has 0 heterocycles. The van der Waals surface area contributed by atoms with E-state index < -0.39 is 0 Å². The second-order valence-corrected chi connectivity index (χ2v) is 4.60. The standard InChI is InChI=1S/C10H17N3S/c1-8-4-3-5-9(6-8)13-10(14-2)12-7-11/h8-9H,3-6H2,1-2H3,(H,12,13). The van der Waals surface area contributed by atoms with Gasteiger partial charge in [-0.1, -0.05) is 31.5 Å². The molecule has 0 radical (unpaired) electrons. The van der Waals surface area contributed by atoms with E-state index in [0.29, 0.717) is 6.04 Å². The van der Waals surface area contributed by atoms with E-state index in [0.717, 1.165) is 17.5 Å². The average molecular weight is 211 g/mol. The molecule has 1 N–H and O–H groups in total. The van der Waals surface area contributed by atoms with Crippen molar-refractivity contribution in [1.29, 1.82) is 5.26 Å². The zero-order chi connectivity index (χ0) is 10.4. The van der Waals surface area contributed by atoms with Crippen LogP contribution in [0, 0.1) is 17.4 Å². The highest BCUT2D eigenvalue weighted by Gasteiger charge is 2.18. The molecule has 0 aromatic heterocycles. The maximum atomic E-state index is 8.49. The van der Waals surface area contributed by atoms with Gasteiger partial charge in [-0.25, -0.2) is 0 Å². The van der Waals surface area contributed by atoms with Crippen molar-refractivity contribution in [2.45, 2.75) is 38.6 Å². The summed E-state index contributed by atoms with van der Waals surface area (Å²) in [5, 5.41) is 11.9. The third-order valence-corrected chi connectivity index (χ3v) is 3.16. The van der Waals surface area contributed by atoms with E-state index >= 15 is 0 Å². The molecule has 0 aromatic carbocycles. The SMILES string of the molecule is CSC(=NC1CCCC(C)C1)NC#N. The summed E-state index contributed by atoms with van der Waals surface area (Å²) < 4.78 is 0. The van der Waals surface area contributed by atoms with Gasteiger partial charge in [-0.2, -0.15) is 5.26 Å². The Bertz CT molecular complexity index is 244. The van der Waals surface area contributed by atoms with E-state index in [9.17, 15) is 0 Å². The summed E-state index contributed by atoms with van der Waals surface area (Å²) in [5.74, 6) is 0.780. The number of nitrogens with one attached hydrogen (secondary N) is 1. The number of thioether (sulfide) groups is 1. The number of hydrogen-bond donors (Lipinski definition) is 1. The molecule has 1 fully saturated rings. The van der Waals surface area contributed by atoms with Crippen LogP contribution in [0.1, 0.15) is 32.6 Å². The van der Waals surface area contributed by atoms with Crippen molar-refractivity contribution in [2.24, 2.45) is 10.9 Å². The maximum Gasteiger partial charge on any atom is 0.183 e. The number of nitriles is 1. The van der Waals surface area contributed by atoms with Gasteiger partial charge in [0.05, 0.1) is 6.04 Å². The molecular formula is C10H17N3S. The molecule has 1 saturated carbocycles. The number of amidine groups is 1. The lowest BCUT2D eigenvalue weighted by molar-refractivity contribution is 0.346. The molecule has 1 aliphatic rings. The predicted molar refractivity (Wildman–Crippen MR) is 61.1 cm³/mol. The van der Waals surface area contributed by atoms with Gasteiger partial charge in [0, 0.05) is 0 Å². The van der Waals surface area contributed by atoms with Crippen LogP contribution < -0.4 is 5.32 Å². The topological polar surface area (TPSA) is 48.2 Å². The molecular weight excluding hydrogens is 194 g/mol. The lowest BCUT2D eigenvalue weighted by atomic mass is 9.87. The summed E-state index contributed by atoms with van der Waals surface area (Å²) in [6.07, 6.45) is 8.78. The van der Waals surface area contributed by atoms with E-state index in [2.05, 4.69) is 17.2 Å². The van der Waals surface area contributed by atoms with E-state index in [1.165, 1.54) is 31.0 Å². The average Bonchev–Trinajstić information content (AvgIpc) is 2.17. The molecule has 14 heavy (non-hydrogen) atoms. The molecule has 2 atom stereocenters. The van der Waals surface area contributed by atoms with Crippen LogP contribution in [0.2, 0.25) is 0 Å². The van der Waals surface area contributed by atoms with Gasteiger partial charge < -0.3 is 0 Å². The van der Waals surface area contributed by atoms with Gasteiger partial charge in [0.2, 0.25) is 0 Å². The molecule has 0 aliphatic heterocycles. The summed E-state index contributed by atoms with van der Waals surface area (Å²) in [5.41, 5.74) is 0. The summed E-state index contributed by atoms with van der Waals surface area (Å²) in [7, 11) is 0. The Morgan fingerprint density at radius 1 is 1.57 bits per heavy atom. The van der Waals surface area contributed by atoms with Crippen LogP contribution in [-0.4, -0.2) is 17.5 Å². The Morgan fingerprint density at radius 2 is 2.36 bits per heavy atom. The first-order valence-electron chi connectivity index (χ1n) is 5.03. The molecule has 0 spiro atoms. The predicted octanol–water partition coefficient (Wildman–Crippen LogP) is 2.35. The quantitative estimate of drug-likeness (QED) is 0.313. The summed E-state index contributed by atoms with van der Waals surface area (Å²) in [6.45, 7) is 2.28. The summed E-state index contributed by atoms with van der Waals surface area (Å²) >= 11 is 1.51. The smallest absolute Gasteiger partial charge is 0.183 e. The van der Waals surface area contributed by atoms with Crippen LogP contribution in [-0.2, 0) is 0 Å². The Hall–Kier alpha value is -0.690. The Kier molecular flexibility index (Phi) is 4.81. The van der Waals surface area contributed by atoms with Crippen molar-refractivity contribution < 1.29 is 0 Å². The maximum absolute atomic E-state index is 8.49. The fraction of sp³-hybridized carbons (Fsp3) is 0.800. The molecule has 1 rings (SSSR count). The van der Waals surface area contributed by atoms with E-state index in [1.807, 2.05) is 12.4 Å². The van der Waals surface area contributed by atoms with Crippen molar-refractivity contribution in [3.8, 4) is 6.19 Å². The highest BCUT2D eigenvalue weighted by Crippen LogP contribution is 2.26. The van der Waals surface area contributed by atoms with Crippen molar-refractivity contribution >= 4 is 16.9 Å². The van der Waals surface area contributed by atoms with Gasteiger partial charge in [-0.15, -0.1) is 0 Å². The monoisotopic (exact) mass is 211 g/mol. The first-order chi connectivity index (χ1) is 6.76. The first kappa shape index (κ1) is 11.4. The lowest BCUT2D eigenvalue weighted by Crippen LogP contribution is -2.21. The fourth-order valence-corrected chi connectivity index (χ4v) is 2.27. The van der Waals surface area contributed by atoms with E-state index in [1.54, 1.807) is 0 Å². The Morgan fingerprint density at radius 3 is 2.93 bits per heavy atom. The number of nitrogens with zero attached hydrogens (tertiary/aromatic N) is 2. The van der Waals surface area contributed by atoms with Crippen LogP contribution in [0.3, 0.4) is 0 Å². The van der Waals surface area contributed by atoms with E-state index in [4.69, 9.17) is 5.26 Å². The van der Waals surface area contributed by atoms with Crippen molar-refractivity contribution in [1.82, 2.24) is 5.32 Å². The van der Waals surface area contributed by atoms with Gasteiger partial charge in [0.25, 0.3) is 0 Å². The fourth-order valence-electron chi connectivity index (χ4n) is 1.87. The minimum atomic E-state index is 0.419. The Balaban J connectivity index is 2.51. The molecule has 0 aromatic rings. The molecule has 1 aliphatic carbocycles. The molecule has 0 bridgehead atoms. The van der Waals surface area contributed by atoms with Gasteiger partial charge in [0.15, 0.2) is 11.4 Å². The zero-order valence-electron chi connectivity index (χ0n) is 8.79. The summed E-state index contributed by atoms with van der Waals surface area (Å²) in [4.78, 5) is 4.54. The van der Waals surface area contributed by atoms with Crippen LogP contribution in [0.15, 0.2) is 4.99 Å². The van der Waals surface area contributed by atoms with Crippen molar-refractivity contribution in [3.05, 3.63) is 0 Å². The summed E-state index contributed by atoms with van der Waals surface area (Å²) in [6, 6.07) is 0.419.